The Hall–Kier alpha value is -2.21. The summed E-state index contributed by atoms with van der Waals surface area (Å²) < 4.78 is 0. The summed E-state index contributed by atoms with van der Waals surface area (Å²) in [5, 5.41) is 0. The van der Waals surface area contributed by atoms with Crippen LogP contribution in [0.4, 0.5) is 0 Å². The summed E-state index contributed by atoms with van der Waals surface area (Å²) in [4.78, 5) is 16.9. The van der Waals surface area contributed by atoms with Gasteiger partial charge in [-0.25, -0.2) is 0 Å². The van der Waals surface area contributed by atoms with Crippen LogP contribution in [0.2, 0.25) is 0 Å². The first-order valence-electron chi connectivity index (χ1n) is 9.81. The number of carbonyl (C=O) groups excluding carboxylic acids is 1. The Balaban J connectivity index is 1.34. The van der Waals surface area contributed by atoms with Crippen LogP contribution < -0.4 is 10.9 Å². The van der Waals surface area contributed by atoms with Crippen molar-refractivity contribution in [3.63, 3.8) is 0 Å². The monoisotopic (exact) mass is 364 g/mol. The quantitative estimate of drug-likeness (QED) is 0.854. The number of fused-ring (bicyclic) bond motifs is 1. The molecule has 0 saturated carbocycles. The van der Waals surface area contributed by atoms with Crippen molar-refractivity contribution in [3.05, 3.63) is 70.8 Å². The van der Waals surface area contributed by atoms with Gasteiger partial charge in [-0.1, -0.05) is 36.4 Å². The van der Waals surface area contributed by atoms with Gasteiger partial charge in [0.15, 0.2) is 0 Å². The van der Waals surface area contributed by atoms with Gasteiger partial charge in [-0.15, -0.1) is 0 Å². The molecule has 4 rings (SSSR count). The molecule has 2 aromatic carbocycles. The molecule has 0 aromatic heterocycles. The van der Waals surface area contributed by atoms with Crippen LogP contribution in [0.1, 0.15) is 33.5 Å². The largest absolute Gasteiger partial charge is 0.340 e. The van der Waals surface area contributed by atoms with E-state index >= 15 is 0 Å². The minimum Gasteiger partial charge on any atom is -0.340 e. The fraction of sp³-hybridized carbons (Fsp3) is 0.409. The van der Waals surface area contributed by atoms with Gasteiger partial charge >= 0.3 is 0 Å². The number of rotatable bonds is 5. The highest BCUT2D eigenvalue weighted by Crippen LogP contribution is 2.20. The molecule has 1 saturated heterocycles. The van der Waals surface area contributed by atoms with Gasteiger partial charge in [0.05, 0.1) is 0 Å². The smallest absolute Gasteiger partial charge is 0.253 e. The van der Waals surface area contributed by atoms with Crippen molar-refractivity contribution < 1.29 is 4.79 Å². The van der Waals surface area contributed by atoms with Crippen molar-refractivity contribution in [1.82, 2.24) is 20.7 Å². The number of benzene rings is 2. The van der Waals surface area contributed by atoms with Crippen molar-refractivity contribution in [3.8, 4) is 0 Å². The second-order valence-electron chi connectivity index (χ2n) is 7.67. The van der Waals surface area contributed by atoms with Crippen LogP contribution in [0.3, 0.4) is 0 Å². The molecule has 0 spiro atoms. The number of nitrogens with zero attached hydrogens (tertiary/aromatic N) is 2. The van der Waals surface area contributed by atoms with Gasteiger partial charge < -0.3 is 4.90 Å². The van der Waals surface area contributed by atoms with E-state index in [9.17, 15) is 4.79 Å². The molecule has 1 fully saturated rings. The van der Waals surface area contributed by atoms with E-state index in [-0.39, 0.29) is 5.91 Å². The van der Waals surface area contributed by atoms with Gasteiger partial charge in [0.2, 0.25) is 0 Å². The normalized spacial score (nSPS) is 19.7. The first kappa shape index (κ1) is 18.2. The topological polar surface area (TPSA) is 47.6 Å². The first-order chi connectivity index (χ1) is 13.2. The molecule has 0 bridgehead atoms. The molecule has 2 N–H and O–H groups in total. The van der Waals surface area contributed by atoms with Crippen LogP contribution in [-0.4, -0.2) is 48.4 Å². The maximum Gasteiger partial charge on any atom is 0.253 e. The molecule has 2 heterocycles. The van der Waals surface area contributed by atoms with Crippen molar-refractivity contribution >= 4 is 5.91 Å². The second-order valence-corrected chi connectivity index (χ2v) is 7.67. The van der Waals surface area contributed by atoms with Gasteiger partial charge in [-0.2, -0.15) is 0 Å². The van der Waals surface area contributed by atoms with Crippen LogP contribution in [-0.2, 0) is 19.5 Å². The van der Waals surface area contributed by atoms with E-state index in [0.29, 0.717) is 6.04 Å². The molecule has 142 valence electrons. The summed E-state index contributed by atoms with van der Waals surface area (Å²) in [6.07, 6.45) is 2.16. The van der Waals surface area contributed by atoms with Gasteiger partial charge in [-0.3, -0.25) is 20.5 Å². The summed E-state index contributed by atoms with van der Waals surface area (Å²) in [5.74, 6) is 0.0853. The summed E-state index contributed by atoms with van der Waals surface area (Å²) in [7, 11) is 1.88. The third-order valence-electron chi connectivity index (χ3n) is 5.58. The number of amides is 1. The van der Waals surface area contributed by atoms with Crippen molar-refractivity contribution in [1.29, 1.82) is 0 Å². The predicted octanol–water partition coefficient (Wildman–Crippen LogP) is 2.18. The number of hydrogen-bond donors (Lipinski definition) is 2. The summed E-state index contributed by atoms with van der Waals surface area (Å²) in [5.41, 5.74) is 11.3. The van der Waals surface area contributed by atoms with E-state index in [4.69, 9.17) is 0 Å². The fourth-order valence-electron chi connectivity index (χ4n) is 4.01. The fourth-order valence-corrected chi connectivity index (χ4v) is 4.01. The standard InChI is InChI=1S/C22H28N4O/c1-25(16-21-10-12-23-24-21)22(27)19-8-6-17(7-9-19)14-26-13-11-18-4-2-3-5-20(18)15-26/h2-9,21,23-24H,10-16H2,1H3. The van der Waals surface area contributed by atoms with Crippen LogP contribution in [0.15, 0.2) is 48.5 Å². The van der Waals surface area contributed by atoms with Gasteiger partial charge in [0, 0.05) is 51.4 Å². The molecule has 1 amide bonds. The molecular formula is C22H28N4O. The van der Waals surface area contributed by atoms with E-state index in [1.165, 1.54) is 16.7 Å². The van der Waals surface area contributed by atoms with Crippen molar-refractivity contribution in [2.75, 3.05) is 26.7 Å². The highest BCUT2D eigenvalue weighted by Gasteiger charge is 2.20. The highest BCUT2D eigenvalue weighted by molar-refractivity contribution is 5.94. The van der Waals surface area contributed by atoms with Crippen molar-refractivity contribution in [2.24, 2.45) is 0 Å². The van der Waals surface area contributed by atoms with Gasteiger partial charge in [-0.05, 0) is 41.7 Å². The highest BCUT2D eigenvalue weighted by atomic mass is 16.2. The minimum absolute atomic E-state index is 0.0853. The molecule has 5 heteroatoms. The first-order valence-corrected chi connectivity index (χ1v) is 9.81. The molecule has 5 nitrogen and oxygen atoms in total. The lowest BCUT2D eigenvalue weighted by atomic mass is 9.99. The molecule has 0 aliphatic carbocycles. The average Bonchev–Trinajstić information content (AvgIpc) is 3.21. The lowest BCUT2D eigenvalue weighted by Crippen LogP contribution is -2.41. The maximum atomic E-state index is 12.6. The third-order valence-corrected chi connectivity index (χ3v) is 5.58. The molecule has 2 aromatic rings. The zero-order chi connectivity index (χ0) is 18.6. The molecule has 2 aliphatic rings. The van der Waals surface area contributed by atoms with Gasteiger partial charge in [0.1, 0.15) is 0 Å². The second kappa shape index (κ2) is 8.21. The molecular weight excluding hydrogens is 336 g/mol. The Bertz CT molecular complexity index is 783. The van der Waals surface area contributed by atoms with E-state index in [1.807, 2.05) is 19.2 Å². The Labute approximate surface area is 161 Å². The molecule has 0 radical (unpaired) electrons. The summed E-state index contributed by atoms with van der Waals surface area (Å²) in [6, 6.07) is 17.2. The summed E-state index contributed by atoms with van der Waals surface area (Å²) >= 11 is 0. The van der Waals surface area contributed by atoms with E-state index in [2.05, 4.69) is 52.1 Å². The van der Waals surface area contributed by atoms with Gasteiger partial charge in [0.25, 0.3) is 5.91 Å². The third kappa shape index (κ3) is 4.38. The van der Waals surface area contributed by atoms with E-state index < -0.39 is 0 Å². The molecule has 1 unspecified atom stereocenters. The van der Waals surface area contributed by atoms with Crippen molar-refractivity contribution in [2.45, 2.75) is 32.0 Å². The van der Waals surface area contributed by atoms with Crippen LogP contribution in [0.5, 0.6) is 0 Å². The SMILES string of the molecule is CN(CC1CCNN1)C(=O)c1ccc(CN2CCc3ccccc3C2)cc1. The predicted molar refractivity (Wildman–Crippen MR) is 107 cm³/mol. The Morgan fingerprint density at radius 1 is 1.15 bits per heavy atom. The lowest BCUT2D eigenvalue weighted by molar-refractivity contribution is 0.0783. The Morgan fingerprint density at radius 2 is 1.93 bits per heavy atom. The molecule has 27 heavy (non-hydrogen) atoms. The zero-order valence-corrected chi connectivity index (χ0v) is 15.9. The maximum absolute atomic E-state index is 12.6. The minimum atomic E-state index is 0.0853. The number of likely N-dealkylation sites (N-methyl/N-ethyl adjacent to an activating group) is 1. The van der Waals surface area contributed by atoms with Crippen LogP contribution >= 0.6 is 0 Å². The van der Waals surface area contributed by atoms with Crippen LogP contribution in [0, 0.1) is 0 Å². The summed E-state index contributed by atoms with van der Waals surface area (Å²) in [6.45, 7) is 4.70. The zero-order valence-electron chi connectivity index (χ0n) is 15.9. The Kier molecular flexibility index (Phi) is 5.53. The van der Waals surface area contributed by atoms with E-state index in [0.717, 1.165) is 51.1 Å². The molecule has 2 aliphatic heterocycles. The lowest BCUT2D eigenvalue weighted by Gasteiger charge is -2.28. The number of nitrogens with one attached hydrogen (secondary N) is 2. The Morgan fingerprint density at radius 3 is 2.67 bits per heavy atom. The number of hydrazine groups is 1. The molecule has 1 atom stereocenters. The van der Waals surface area contributed by atoms with E-state index in [1.54, 1.807) is 4.90 Å². The van der Waals surface area contributed by atoms with Crippen LogP contribution in [0.25, 0.3) is 0 Å². The number of carbonyl (C=O) groups is 1. The average molecular weight is 364 g/mol. The number of hydrogen-bond acceptors (Lipinski definition) is 4.